The molecule has 9 heavy (non-hydrogen) atoms. The van der Waals surface area contributed by atoms with E-state index >= 15 is 0 Å². The van der Waals surface area contributed by atoms with Gasteiger partial charge in [-0.2, -0.15) is 0 Å². The van der Waals surface area contributed by atoms with Crippen LogP contribution in [0.3, 0.4) is 0 Å². The van der Waals surface area contributed by atoms with Crippen molar-refractivity contribution in [2.75, 3.05) is 12.9 Å². The topological polar surface area (TPSA) is 9.23 Å². The first kappa shape index (κ1) is 7.51. The molecule has 0 saturated carbocycles. The molecule has 1 aliphatic rings. The standard InChI is InChI=1S/C6H10OS2/c1-9-6-5(8)3-2-4-7-6/h6H,2-4H2,1H3. The molecule has 1 heterocycles. The summed E-state index contributed by atoms with van der Waals surface area (Å²) in [4.78, 5) is 1.08. The summed E-state index contributed by atoms with van der Waals surface area (Å²) in [5.74, 6) is 0. The molecule has 0 amide bonds. The highest BCUT2D eigenvalue weighted by Crippen LogP contribution is 2.18. The van der Waals surface area contributed by atoms with Crippen LogP contribution in [-0.2, 0) is 4.74 Å². The molecule has 1 rings (SSSR count). The molecule has 0 aromatic rings. The maximum absolute atomic E-state index is 5.36. The number of ether oxygens (including phenoxy) is 1. The van der Waals surface area contributed by atoms with E-state index in [0.717, 1.165) is 24.3 Å². The normalized spacial score (nSPS) is 28.6. The Bertz CT molecular complexity index is 114. The van der Waals surface area contributed by atoms with Gasteiger partial charge >= 0.3 is 0 Å². The molecule has 3 heteroatoms. The quantitative estimate of drug-likeness (QED) is 0.545. The van der Waals surface area contributed by atoms with Crippen molar-refractivity contribution in [3.63, 3.8) is 0 Å². The highest BCUT2D eigenvalue weighted by atomic mass is 32.2. The molecule has 1 nitrogen and oxygen atoms in total. The molecule has 0 aromatic heterocycles. The van der Waals surface area contributed by atoms with Crippen LogP contribution < -0.4 is 0 Å². The van der Waals surface area contributed by atoms with Crippen molar-refractivity contribution in [1.29, 1.82) is 0 Å². The molecule has 0 N–H and O–H groups in total. The van der Waals surface area contributed by atoms with Gasteiger partial charge in [0.25, 0.3) is 0 Å². The predicted octanol–water partition coefficient (Wildman–Crippen LogP) is 1.86. The molecule has 0 aliphatic carbocycles. The summed E-state index contributed by atoms with van der Waals surface area (Å²) >= 11 is 6.77. The number of thioether (sulfide) groups is 1. The average molecular weight is 162 g/mol. The SMILES string of the molecule is CSC1OCCCC1=S. The molecular weight excluding hydrogens is 152 g/mol. The minimum atomic E-state index is 0.203. The molecular formula is C6H10OS2. The molecule has 0 bridgehead atoms. The number of thiocarbonyl (C=S) groups is 1. The highest BCUT2D eigenvalue weighted by Gasteiger charge is 2.17. The van der Waals surface area contributed by atoms with Gasteiger partial charge in [-0.1, -0.05) is 12.2 Å². The van der Waals surface area contributed by atoms with Gasteiger partial charge in [0.2, 0.25) is 0 Å². The predicted molar refractivity (Wildman–Crippen MR) is 45.1 cm³/mol. The smallest absolute Gasteiger partial charge is 0.134 e. The Balaban J connectivity index is 2.39. The van der Waals surface area contributed by atoms with Gasteiger partial charge in [0, 0.05) is 11.5 Å². The first-order chi connectivity index (χ1) is 4.34. The molecule has 52 valence electrons. The van der Waals surface area contributed by atoms with Crippen molar-refractivity contribution in [3.8, 4) is 0 Å². The largest absolute Gasteiger partial charge is 0.362 e. The van der Waals surface area contributed by atoms with Crippen LogP contribution in [0, 0.1) is 0 Å². The maximum Gasteiger partial charge on any atom is 0.134 e. The van der Waals surface area contributed by atoms with E-state index in [2.05, 4.69) is 0 Å². The minimum Gasteiger partial charge on any atom is -0.362 e. The summed E-state index contributed by atoms with van der Waals surface area (Å²) in [5.41, 5.74) is 0.203. The van der Waals surface area contributed by atoms with Crippen LogP contribution in [0.2, 0.25) is 0 Å². The molecule has 1 fully saturated rings. The number of hydrogen-bond donors (Lipinski definition) is 0. The second-order valence-corrected chi connectivity index (χ2v) is 3.43. The first-order valence-corrected chi connectivity index (χ1v) is 4.71. The van der Waals surface area contributed by atoms with Gasteiger partial charge in [-0.05, 0) is 19.1 Å². The Kier molecular flexibility index (Phi) is 2.95. The van der Waals surface area contributed by atoms with Gasteiger partial charge in [0.1, 0.15) is 5.44 Å². The Hall–Kier alpha value is 0.400. The van der Waals surface area contributed by atoms with Crippen LogP contribution in [-0.4, -0.2) is 23.2 Å². The number of hydrogen-bond acceptors (Lipinski definition) is 3. The summed E-state index contributed by atoms with van der Waals surface area (Å²) in [6.07, 6.45) is 4.21. The molecule has 1 aliphatic heterocycles. The third-order valence-corrected chi connectivity index (χ3v) is 2.73. The van der Waals surface area contributed by atoms with Crippen LogP contribution in [0.15, 0.2) is 0 Å². The lowest BCUT2D eigenvalue weighted by atomic mass is 10.2. The van der Waals surface area contributed by atoms with Crippen LogP contribution in [0.25, 0.3) is 0 Å². The van der Waals surface area contributed by atoms with Crippen LogP contribution in [0.4, 0.5) is 0 Å². The van der Waals surface area contributed by atoms with Crippen molar-refractivity contribution >= 4 is 28.8 Å². The van der Waals surface area contributed by atoms with Crippen molar-refractivity contribution in [3.05, 3.63) is 0 Å². The van der Waals surface area contributed by atoms with Gasteiger partial charge in [-0.3, -0.25) is 0 Å². The summed E-state index contributed by atoms with van der Waals surface area (Å²) in [6.45, 7) is 0.881. The summed E-state index contributed by atoms with van der Waals surface area (Å²) < 4.78 is 5.36. The van der Waals surface area contributed by atoms with E-state index in [9.17, 15) is 0 Å². The van der Waals surface area contributed by atoms with E-state index < -0.39 is 0 Å². The lowest BCUT2D eigenvalue weighted by Gasteiger charge is -2.21. The monoisotopic (exact) mass is 162 g/mol. The van der Waals surface area contributed by atoms with Crippen LogP contribution in [0.5, 0.6) is 0 Å². The number of rotatable bonds is 1. The zero-order valence-electron chi connectivity index (χ0n) is 5.42. The molecule has 1 saturated heterocycles. The first-order valence-electron chi connectivity index (χ1n) is 3.01. The third kappa shape index (κ3) is 1.92. The Morgan fingerprint density at radius 2 is 2.56 bits per heavy atom. The lowest BCUT2D eigenvalue weighted by molar-refractivity contribution is 0.136. The zero-order valence-corrected chi connectivity index (χ0v) is 7.06. The highest BCUT2D eigenvalue weighted by molar-refractivity contribution is 8.00. The van der Waals surface area contributed by atoms with E-state index in [1.54, 1.807) is 11.8 Å². The zero-order chi connectivity index (χ0) is 6.69. The van der Waals surface area contributed by atoms with Gasteiger partial charge in [0.15, 0.2) is 0 Å². The summed E-state index contributed by atoms with van der Waals surface area (Å²) in [6, 6.07) is 0. The van der Waals surface area contributed by atoms with Crippen molar-refractivity contribution < 1.29 is 4.74 Å². The van der Waals surface area contributed by atoms with Crippen molar-refractivity contribution in [1.82, 2.24) is 0 Å². The molecule has 1 unspecified atom stereocenters. The molecule has 0 aromatic carbocycles. The minimum absolute atomic E-state index is 0.203. The lowest BCUT2D eigenvalue weighted by Crippen LogP contribution is -2.24. The second kappa shape index (κ2) is 3.54. The van der Waals surface area contributed by atoms with Crippen molar-refractivity contribution in [2.24, 2.45) is 0 Å². The van der Waals surface area contributed by atoms with Crippen molar-refractivity contribution in [2.45, 2.75) is 18.3 Å². The second-order valence-electron chi connectivity index (χ2n) is 2.01. The molecule has 0 radical (unpaired) electrons. The Labute approximate surface area is 65.2 Å². The fraction of sp³-hybridized carbons (Fsp3) is 0.833. The van der Waals surface area contributed by atoms with Gasteiger partial charge in [-0.25, -0.2) is 0 Å². The maximum atomic E-state index is 5.36. The fourth-order valence-corrected chi connectivity index (χ4v) is 1.96. The van der Waals surface area contributed by atoms with E-state index in [0.29, 0.717) is 0 Å². The van der Waals surface area contributed by atoms with E-state index in [1.807, 2.05) is 6.26 Å². The van der Waals surface area contributed by atoms with Gasteiger partial charge in [-0.15, -0.1) is 11.8 Å². The Morgan fingerprint density at radius 1 is 1.78 bits per heavy atom. The Morgan fingerprint density at radius 3 is 3.00 bits per heavy atom. The van der Waals surface area contributed by atoms with E-state index in [1.165, 1.54) is 0 Å². The fourth-order valence-electron chi connectivity index (χ4n) is 0.847. The van der Waals surface area contributed by atoms with Crippen LogP contribution in [0.1, 0.15) is 12.8 Å². The van der Waals surface area contributed by atoms with Gasteiger partial charge < -0.3 is 4.74 Å². The van der Waals surface area contributed by atoms with Crippen LogP contribution >= 0.6 is 24.0 Å². The van der Waals surface area contributed by atoms with Gasteiger partial charge in [0.05, 0.1) is 0 Å². The summed E-state index contributed by atoms with van der Waals surface area (Å²) in [7, 11) is 0. The summed E-state index contributed by atoms with van der Waals surface area (Å²) in [5, 5.41) is 0. The van der Waals surface area contributed by atoms with E-state index in [4.69, 9.17) is 17.0 Å². The molecule has 0 spiro atoms. The average Bonchev–Trinajstić information content (AvgIpc) is 1.89. The third-order valence-electron chi connectivity index (χ3n) is 1.31. The van der Waals surface area contributed by atoms with E-state index in [-0.39, 0.29) is 5.44 Å². The molecule has 1 atom stereocenters.